The third kappa shape index (κ3) is 5.13. The van der Waals surface area contributed by atoms with Gasteiger partial charge in [0.15, 0.2) is 5.84 Å². The Morgan fingerprint density at radius 3 is 2.65 bits per heavy atom. The average Bonchev–Trinajstić information content (AvgIpc) is 2.50. The summed E-state index contributed by atoms with van der Waals surface area (Å²) in [4.78, 5) is 12.2. The van der Waals surface area contributed by atoms with Crippen molar-refractivity contribution in [1.82, 2.24) is 5.32 Å². The van der Waals surface area contributed by atoms with Crippen LogP contribution < -0.4 is 11.1 Å². The summed E-state index contributed by atoms with van der Waals surface area (Å²) in [7, 11) is 0. The molecular formula is C14H21N3O2S. The Bertz CT molecular complexity index is 451. The van der Waals surface area contributed by atoms with Crippen LogP contribution in [0.1, 0.15) is 12.5 Å². The van der Waals surface area contributed by atoms with E-state index in [9.17, 15) is 4.79 Å². The van der Waals surface area contributed by atoms with Crippen LogP contribution in [0.25, 0.3) is 0 Å². The lowest BCUT2D eigenvalue weighted by molar-refractivity contribution is -0.123. The molecule has 6 heteroatoms. The van der Waals surface area contributed by atoms with Gasteiger partial charge in [0, 0.05) is 11.8 Å². The van der Waals surface area contributed by atoms with Gasteiger partial charge in [-0.2, -0.15) is 11.8 Å². The Labute approximate surface area is 123 Å². The van der Waals surface area contributed by atoms with Crippen molar-refractivity contribution >= 4 is 23.5 Å². The summed E-state index contributed by atoms with van der Waals surface area (Å²) in [5.41, 5.74) is 6.61. The van der Waals surface area contributed by atoms with Gasteiger partial charge >= 0.3 is 0 Å². The van der Waals surface area contributed by atoms with Gasteiger partial charge in [-0.05, 0) is 18.2 Å². The van der Waals surface area contributed by atoms with E-state index >= 15 is 0 Å². The van der Waals surface area contributed by atoms with Crippen LogP contribution in [0.4, 0.5) is 0 Å². The third-order valence-corrected chi connectivity index (χ3v) is 4.01. The maximum Gasteiger partial charge on any atom is 0.231 e. The van der Waals surface area contributed by atoms with Crippen LogP contribution in [0.15, 0.2) is 35.5 Å². The van der Waals surface area contributed by atoms with Crippen molar-refractivity contribution < 1.29 is 10.0 Å². The van der Waals surface area contributed by atoms with E-state index in [1.165, 1.54) is 0 Å². The minimum atomic E-state index is -0.656. The van der Waals surface area contributed by atoms with Crippen LogP contribution in [0.5, 0.6) is 0 Å². The molecule has 0 fully saturated rings. The molecule has 2 unspecified atom stereocenters. The first-order valence-electron chi connectivity index (χ1n) is 6.40. The lowest BCUT2D eigenvalue weighted by Gasteiger charge is -2.17. The van der Waals surface area contributed by atoms with Gasteiger partial charge in [0.05, 0.1) is 0 Å². The molecule has 0 bridgehead atoms. The van der Waals surface area contributed by atoms with Crippen LogP contribution in [0, 0.1) is 5.92 Å². The van der Waals surface area contributed by atoms with Gasteiger partial charge in [0.1, 0.15) is 5.92 Å². The van der Waals surface area contributed by atoms with Gasteiger partial charge in [0.2, 0.25) is 5.91 Å². The van der Waals surface area contributed by atoms with Crippen molar-refractivity contribution in [3.63, 3.8) is 0 Å². The molecule has 0 aliphatic heterocycles. The number of amides is 1. The van der Waals surface area contributed by atoms with Gasteiger partial charge in [-0.3, -0.25) is 4.79 Å². The number of thioether (sulfide) groups is 1. The fourth-order valence-corrected chi connectivity index (χ4v) is 1.95. The van der Waals surface area contributed by atoms with E-state index in [1.54, 1.807) is 11.8 Å². The van der Waals surface area contributed by atoms with E-state index in [0.29, 0.717) is 18.2 Å². The highest BCUT2D eigenvalue weighted by atomic mass is 32.2. The summed E-state index contributed by atoms with van der Waals surface area (Å²) in [6.45, 7) is 2.59. The van der Waals surface area contributed by atoms with Crippen LogP contribution in [0.3, 0.4) is 0 Å². The van der Waals surface area contributed by atoms with E-state index < -0.39 is 5.92 Å². The summed E-state index contributed by atoms with van der Waals surface area (Å²) in [5, 5.41) is 15.0. The second kappa shape index (κ2) is 8.47. The van der Waals surface area contributed by atoms with E-state index in [2.05, 4.69) is 10.5 Å². The topological polar surface area (TPSA) is 87.7 Å². The minimum Gasteiger partial charge on any atom is -0.409 e. The third-order valence-electron chi connectivity index (χ3n) is 3.04. The molecule has 4 N–H and O–H groups in total. The normalized spacial score (nSPS) is 14.6. The number of nitrogens with zero attached hydrogens (tertiary/aromatic N) is 1. The highest BCUT2D eigenvalue weighted by molar-refractivity contribution is 7.99. The zero-order valence-electron chi connectivity index (χ0n) is 11.7. The van der Waals surface area contributed by atoms with Gasteiger partial charge in [-0.1, -0.05) is 42.4 Å². The van der Waals surface area contributed by atoms with Crippen LogP contribution in [-0.2, 0) is 11.2 Å². The number of oxime groups is 1. The number of rotatable bonds is 7. The predicted molar refractivity (Wildman–Crippen MR) is 83.0 cm³/mol. The van der Waals surface area contributed by atoms with Crippen LogP contribution >= 0.6 is 11.8 Å². The van der Waals surface area contributed by atoms with Gasteiger partial charge < -0.3 is 16.3 Å². The number of benzene rings is 1. The molecule has 0 saturated heterocycles. The lowest BCUT2D eigenvalue weighted by atomic mass is 9.97. The van der Waals surface area contributed by atoms with E-state index in [-0.39, 0.29) is 11.7 Å². The Hall–Kier alpha value is -1.69. The van der Waals surface area contributed by atoms with Crippen LogP contribution in [-0.4, -0.2) is 35.0 Å². The molecule has 2 atom stereocenters. The Morgan fingerprint density at radius 2 is 2.10 bits per heavy atom. The van der Waals surface area contributed by atoms with Crippen molar-refractivity contribution in [1.29, 1.82) is 0 Å². The highest BCUT2D eigenvalue weighted by Gasteiger charge is 2.23. The zero-order valence-corrected chi connectivity index (χ0v) is 12.6. The smallest absolute Gasteiger partial charge is 0.231 e. The molecule has 0 saturated carbocycles. The maximum absolute atomic E-state index is 12.2. The summed E-state index contributed by atoms with van der Waals surface area (Å²) >= 11 is 1.67. The number of nitrogens with two attached hydrogens (primary N) is 1. The van der Waals surface area contributed by atoms with E-state index in [0.717, 1.165) is 5.56 Å². The molecule has 5 nitrogen and oxygen atoms in total. The Morgan fingerprint density at radius 1 is 1.45 bits per heavy atom. The molecule has 0 spiro atoms. The Balaban J connectivity index is 2.72. The predicted octanol–water partition coefficient (Wildman–Crippen LogP) is 1.46. The molecule has 1 aromatic carbocycles. The first-order chi connectivity index (χ1) is 9.58. The lowest BCUT2D eigenvalue weighted by Crippen LogP contribution is -2.42. The summed E-state index contributed by atoms with van der Waals surface area (Å²) in [6.07, 6.45) is 2.40. The van der Waals surface area contributed by atoms with Crippen molar-refractivity contribution in [3.05, 3.63) is 35.9 Å². The monoisotopic (exact) mass is 295 g/mol. The molecule has 1 rings (SSSR count). The number of carbonyl (C=O) groups is 1. The molecule has 0 aromatic heterocycles. The molecule has 0 aliphatic carbocycles. The van der Waals surface area contributed by atoms with Crippen molar-refractivity contribution in [2.75, 3.05) is 12.8 Å². The largest absolute Gasteiger partial charge is 0.409 e. The average molecular weight is 295 g/mol. The number of carbonyl (C=O) groups excluding carboxylic acids is 1. The standard InChI is InChI=1S/C14H21N3O2S/c1-10(20-2)9-16-14(18)12(13(15)17-19)8-11-6-4-3-5-7-11/h3-7,10,12,19H,8-9H2,1-2H3,(H2,15,17)(H,16,18). The van der Waals surface area contributed by atoms with Gasteiger partial charge in [-0.25, -0.2) is 0 Å². The van der Waals surface area contributed by atoms with Crippen LogP contribution in [0.2, 0.25) is 0 Å². The fourth-order valence-electron chi connectivity index (χ4n) is 1.70. The molecule has 1 amide bonds. The maximum atomic E-state index is 12.2. The molecular weight excluding hydrogens is 274 g/mol. The molecule has 20 heavy (non-hydrogen) atoms. The van der Waals surface area contributed by atoms with Crippen molar-refractivity contribution in [3.8, 4) is 0 Å². The molecule has 0 radical (unpaired) electrons. The number of amidine groups is 1. The molecule has 1 aromatic rings. The summed E-state index contributed by atoms with van der Waals surface area (Å²) in [5.74, 6) is -0.940. The summed E-state index contributed by atoms with van der Waals surface area (Å²) in [6, 6.07) is 9.52. The second-order valence-electron chi connectivity index (χ2n) is 4.56. The quantitative estimate of drug-likeness (QED) is 0.307. The molecule has 0 aliphatic rings. The Kier molecular flexibility index (Phi) is 6.93. The second-order valence-corrected chi connectivity index (χ2v) is 5.83. The highest BCUT2D eigenvalue weighted by Crippen LogP contribution is 2.10. The first-order valence-corrected chi connectivity index (χ1v) is 7.69. The summed E-state index contributed by atoms with van der Waals surface area (Å²) < 4.78 is 0. The fraction of sp³-hybridized carbons (Fsp3) is 0.429. The number of hydrogen-bond acceptors (Lipinski definition) is 4. The van der Waals surface area contributed by atoms with Gasteiger partial charge in [-0.15, -0.1) is 0 Å². The number of nitrogens with one attached hydrogen (secondary N) is 1. The SMILES string of the molecule is CSC(C)CNC(=O)C(Cc1ccccc1)/C(N)=N/O. The first kappa shape index (κ1) is 16.4. The van der Waals surface area contributed by atoms with E-state index in [1.807, 2.05) is 43.5 Å². The van der Waals surface area contributed by atoms with Gasteiger partial charge in [0.25, 0.3) is 0 Å². The molecule has 110 valence electrons. The zero-order chi connectivity index (χ0) is 15.0. The van der Waals surface area contributed by atoms with Crippen molar-refractivity contribution in [2.24, 2.45) is 16.8 Å². The minimum absolute atomic E-state index is 0.0665. The van der Waals surface area contributed by atoms with E-state index in [4.69, 9.17) is 10.9 Å². The van der Waals surface area contributed by atoms with Crippen molar-refractivity contribution in [2.45, 2.75) is 18.6 Å². The molecule has 0 heterocycles. The number of hydrogen-bond donors (Lipinski definition) is 3.